The van der Waals surface area contributed by atoms with Crippen LogP contribution in [0.3, 0.4) is 0 Å². The minimum atomic E-state index is -0.875. The molecule has 0 bridgehead atoms. The third kappa shape index (κ3) is 7.99. The molecule has 0 spiro atoms. The molecular weight excluding hydrogens is 476 g/mol. The van der Waals surface area contributed by atoms with E-state index in [-0.39, 0.29) is 29.9 Å². The van der Waals surface area contributed by atoms with Crippen LogP contribution in [0.15, 0.2) is 72.8 Å². The van der Waals surface area contributed by atoms with E-state index in [0.717, 1.165) is 28.9 Å². The van der Waals surface area contributed by atoms with Crippen LogP contribution in [0.1, 0.15) is 54.2 Å². The highest BCUT2D eigenvalue weighted by atomic mass is 32.2. The minimum absolute atomic E-state index is 0.0289. The second-order valence-corrected chi connectivity index (χ2v) is 9.99. The molecule has 36 heavy (non-hydrogen) atoms. The topological polar surface area (TPSA) is 89.9 Å². The summed E-state index contributed by atoms with van der Waals surface area (Å²) in [6.07, 6.45) is 0.536. The number of benzene rings is 3. The van der Waals surface area contributed by atoms with Gasteiger partial charge in [0.2, 0.25) is 0 Å². The Balaban J connectivity index is 0.000000303. The van der Waals surface area contributed by atoms with Crippen molar-refractivity contribution in [3.8, 4) is 0 Å². The van der Waals surface area contributed by atoms with Crippen molar-refractivity contribution in [3.05, 3.63) is 106 Å². The van der Waals surface area contributed by atoms with E-state index < -0.39 is 5.97 Å². The van der Waals surface area contributed by atoms with Gasteiger partial charge in [0.1, 0.15) is 12.7 Å². The summed E-state index contributed by atoms with van der Waals surface area (Å²) in [5, 5.41) is 8.45. The van der Waals surface area contributed by atoms with Crippen LogP contribution in [0.5, 0.6) is 0 Å². The number of carboxylic acids is 1. The molecule has 0 aromatic heterocycles. The van der Waals surface area contributed by atoms with Crippen LogP contribution in [0, 0.1) is 20.8 Å². The number of aryl methyl sites for hydroxylation is 3. The van der Waals surface area contributed by atoms with E-state index >= 15 is 0 Å². The van der Waals surface area contributed by atoms with Gasteiger partial charge in [-0.3, -0.25) is 0 Å². The Morgan fingerprint density at radius 1 is 0.750 bits per heavy atom. The van der Waals surface area contributed by atoms with Gasteiger partial charge >= 0.3 is 17.9 Å². The Bertz CT molecular complexity index is 1170. The van der Waals surface area contributed by atoms with Crippen LogP contribution in [0.2, 0.25) is 0 Å². The first-order valence-electron chi connectivity index (χ1n) is 11.7. The van der Waals surface area contributed by atoms with Gasteiger partial charge in [0.15, 0.2) is 0 Å². The molecule has 4 rings (SSSR count). The number of carbonyl (C=O) groups excluding carboxylic acids is 2. The molecule has 1 heterocycles. The number of ether oxygens (including phenoxy) is 2. The van der Waals surface area contributed by atoms with Gasteiger partial charge in [-0.1, -0.05) is 53.1 Å². The fourth-order valence-electron chi connectivity index (χ4n) is 3.44. The Kier molecular flexibility index (Phi) is 9.70. The van der Waals surface area contributed by atoms with E-state index in [1.807, 2.05) is 45.0 Å². The molecule has 0 radical (unpaired) electrons. The predicted molar refractivity (Wildman–Crippen MR) is 141 cm³/mol. The van der Waals surface area contributed by atoms with Crippen molar-refractivity contribution in [3.63, 3.8) is 0 Å². The molecule has 1 aliphatic rings. The van der Waals surface area contributed by atoms with E-state index in [9.17, 15) is 14.4 Å². The molecule has 1 aliphatic heterocycles. The van der Waals surface area contributed by atoms with Gasteiger partial charge in [0, 0.05) is 0 Å². The third-order valence-electron chi connectivity index (χ3n) is 5.66. The molecule has 188 valence electrons. The number of carboxylic acid groups (broad SMARTS) is 1. The van der Waals surface area contributed by atoms with Crippen LogP contribution < -0.4 is 0 Å². The smallest absolute Gasteiger partial charge is 0.338 e. The molecule has 1 fully saturated rings. The van der Waals surface area contributed by atoms with Crippen molar-refractivity contribution < 1.29 is 29.0 Å². The van der Waals surface area contributed by atoms with Crippen LogP contribution in [-0.2, 0) is 9.47 Å². The molecule has 0 amide bonds. The van der Waals surface area contributed by atoms with Crippen molar-refractivity contribution in [2.75, 3.05) is 12.4 Å². The summed E-state index contributed by atoms with van der Waals surface area (Å²) in [5.41, 5.74) is 4.68. The van der Waals surface area contributed by atoms with Crippen molar-refractivity contribution in [2.24, 2.45) is 0 Å². The lowest BCUT2D eigenvalue weighted by atomic mass is 10.1. The van der Waals surface area contributed by atoms with Crippen LogP contribution in [0.4, 0.5) is 0 Å². The first-order valence-corrected chi connectivity index (χ1v) is 12.7. The molecule has 3 aromatic rings. The van der Waals surface area contributed by atoms with E-state index in [2.05, 4.69) is 0 Å². The number of hydrogen-bond acceptors (Lipinski definition) is 6. The van der Waals surface area contributed by atoms with Crippen LogP contribution in [0.25, 0.3) is 0 Å². The number of rotatable bonds is 6. The predicted octanol–water partition coefficient (Wildman–Crippen LogP) is 5.88. The van der Waals surface area contributed by atoms with E-state index in [1.54, 1.807) is 60.3 Å². The summed E-state index contributed by atoms with van der Waals surface area (Å²) in [4.78, 5) is 34.8. The highest BCUT2D eigenvalue weighted by Crippen LogP contribution is 2.30. The van der Waals surface area contributed by atoms with Gasteiger partial charge in [-0.25, -0.2) is 14.4 Å². The minimum Gasteiger partial charge on any atom is -0.478 e. The molecule has 1 saturated heterocycles. The fourth-order valence-corrected chi connectivity index (χ4v) is 4.68. The molecule has 0 saturated carbocycles. The summed E-state index contributed by atoms with van der Waals surface area (Å²) in [7, 11) is 0. The van der Waals surface area contributed by atoms with Gasteiger partial charge in [-0.05, 0) is 69.3 Å². The molecular formula is C29H30O6S. The maximum Gasteiger partial charge on any atom is 0.338 e. The van der Waals surface area contributed by atoms with Gasteiger partial charge in [-0.2, -0.15) is 11.8 Å². The second-order valence-electron chi connectivity index (χ2n) is 8.64. The highest BCUT2D eigenvalue weighted by Gasteiger charge is 2.32. The van der Waals surface area contributed by atoms with E-state index in [4.69, 9.17) is 14.6 Å². The fraction of sp³-hybridized carbons (Fsp3) is 0.276. The summed E-state index contributed by atoms with van der Waals surface area (Å²) in [6.45, 7) is 6.10. The molecule has 0 aliphatic carbocycles. The Morgan fingerprint density at radius 2 is 1.19 bits per heavy atom. The zero-order chi connectivity index (χ0) is 26.1. The van der Waals surface area contributed by atoms with Crippen molar-refractivity contribution in [1.29, 1.82) is 0 Å². The number of thioether (sulfide) groups is 1. The molecule has 7 heteroatoms. The maximum atomic E-state index is 12.3. The summed E-state index contributed by atoms with van der Waals surface area (Å²) < 4.78 is 11.1. The first-order chi connectivity index (χ1) is 17.2. The monoisotopic (exact) mass is 506 g/mol. The summed E-state index contributed by atoms with van der Waals surface area (Å²) in [6, 6.07) is 21.4. The Labute approximate surface area is 215 Å². The van der Waals surface area contributed by atoms with Gasteiger partial charge in [0.05, 0.1) is 21.9 Å². The summed E-state index contributed by atoms with van der Waals surface area (Å²) in [5.74, 6) is -0.660. The zero-order valence-corrected chi connectivity index (χ0v) is 21.4. The van der Waals surface area contributed by atoms with Gasteiger partial charge in [-0.15, -0.1) is 0 Å². The van der Waals surface area contributed by atoms with Crippen molar-refractivity contribution >= 4 is 29.7 Å². The first kappa shape index (κ1) is 27.0. The number of hydrogen-bond donors (Lipinski definition) is 1. The quantitative estimate of drug-likeness (QED) is 0.417. The summed E-state index contributed by atoms with van der Waals surface area (Å²) >= 11 is 1.68. The molecule has 1 N–H and O–H groups in total. The lowest BCUT2D eigenvalue weighted by molar-refractivity contribution is 0.0220. The van der Waals surface area contributed by atoms with Crippen LogP contribution in [-0.4, -0.2) is 46.7 Å². The average Bonchev–Trinajstić information content (AvgIpc) is 3.31. The molecule has 6 nitrogen and oxygen atoms in total. The third-order valence-corrected chi connectivity index (χ3v) is 7.00. The Morgan fingerprint density at radius 3 is 1.67 bits per heavy atom. The number of aromatic carboxylic acids is 1. The Hall–Kier alpha value is -3.58. The highest BCUT2D eigenvalue weighted by molar-refractivity contribution is 8.00. The van der Waals surface area contributed by atoms with Gasteiger partial charge in [0.25, 0.3) is 0 Å². The number of carbonyl (C=O) groups is 3. The molecule has 2 atom stereocenters. The molecule has 3 aromatic carbocycles. The van der Waals surface area contributed by atoms with E-state index in [1.165, 1.54) is 0 Å². The lowest BCUT2D eigenvalue weighted by Crippen LogP contribution is -2.29. The lowest BCUT2D eigenvalue weighted by Gasteiger charge is -2.19. The van der Waals surface area contributed by atoms with Crippen molar-refractivity contribution in [2.45, 2.75) is 38.5 Å². The zero-order valence-electron chi connectivity index (χ0n) is 20.6. The largest absolute Gasteiger partial charge is 0.478 e. The second kappa shape index (κ2) is 12.9. The molecule has 0 unspecified atom stereocenters. The van der Waals surface area contributed by atoms with E-state index in [0.29, 0.717) is 16.7 Å². The van der Waals surface area contributed by atoms with Crippen molar-refractivity contribution in [1.82, 2.24) is 0 Å². The standard InChI is InChI=1S/C21H22O4S.C8H8O2/c1-14-3-7-16(8-4-14)20(22)24-13-19-18(11-12-26-19)25-21(23)17-9-5-15(2)6-10-17;1-6-2-4-7(5-3-6)8(9)10/h3-10,18-19H,11-13H2,1-2H3;2-5H,1H3,(H,9,10)/t18-,19+;/m1./s1. The number of esters is 2. The normalized spacial score (nSPS) is 16.4. The SMILES string of the molecule is Cc1ccc(C(=O)O)cc1.Cc1ccc(C(=O)OC[C@@H]2SCC[C@H]2OC(=O)c2ccc(C)cc2)cc1. The maximum absolute atomic E-state index is 12.3. The average molecular weight is 507 g/mol. The van der Waals surface area contributed by atoms with Crippen LogP contribution >= 0.6 is 11.8 Å². The van der Waals surface area contributed by atoms with Gasteiger partial charge < -0.3 is 14.6 Å².